The van der Waals surface area contributed by atoms with Crippen LogP contribution in [0.1, 0.15) is 24.2 Å². The van der Waals surface area contributed by atoms with Gasteiger partial charge >= 0.3 is 0 Å². The Hall–Kier alpha value is -2.22. The number of anilines is 1. The maximum absolute atomic E-state index is 13.4. The van der Waals surface area contributed by atoms with Gasteiger partial charge in [-0.15, -0.1) is 0 Å². The van der Waals surface area contributed by atoms with Gasteiger partial charge in [0.1, 0.15) is 11.5 Å². The third-order valence-electron chi connectivity index (χ3n) is 3.11. The summed E-state index contributed by atoms with van der Waals surface area (Å²) in [6.07, 6.45) is 0. The molecule has 1 aromatic carbocycles. The maximum Gasteiger partial charge on any atom is 0.295 e. The minimum absolute atomic E-state index is 0.225. The van der Waals surface area contributed by atoms with Crippen LogP contribution in [0.15, 0.2) is 12.1 Å². The molecule has 0 fully saturated rings. The van der Waals surface area contributed by atoms with Crippen molar-refractivity contribution in [2.45, 2.75) is 13.8 Å². The second kappa shape index (κ2) is 6.04. The number of nitrogens with two attached hydrogens (primary N) is 2. The molecule has 0 radical (unpaired) electrons. The Bertz CT molecular complexity index is 575. The molecule has 4 N–H and O–H groups in total. The highest BCUT2D eigenvalue weighted by atomic mass is 19.1. The van der Waals surface area contributed by atoms with E-state index in [9.17, 15) is 19.3 Å². The molecule has 0 aromatic heterocycles. The van der Waals surface area contributed by atoms with Gasteiger partial charge in [0, 0.05) is 13.6 Å². The van der Waals surface area contributed by atoms with Crippen molar-refractivity contribution in [1.29, 1.82) is 0 Å². The second-order valence-electron chi connectivity index (χ2n) is 5.67. The summed E-state index contributed by atoms with van der Waals surface area (Å²) < 4.78 is 13.4. The fraction of sp³-hybridized carbons (Fsp3) is 0.462. The smallest absolute Gasteiger partial charge is 0.295 e. The first kappa shape index (κ1) is 16.8. The van der Waals surface area contributed by atoms with E-state index in [0.717, 1.165) is 6.07 Å². The third-order valence-corrected chi connectivity index (χ3v) is 3.11. The van der Waals surface area contributed by atoms with E-state index in [1.807, 2.05) is 13.8 Å². The largest absolute Gasteiger partial charge is 0.393 e. The van der Waals surface area contributed by atoms with E-state index in [4.69, 9.17) is 11.5 Å². The van der Waals surface area contributed by atoms with Crippen LogP contribution in [0.25, 0.3) is 0 Å². The number of hydrogen-bond donors (Lipinski definition) is 2. The number of amides is 1. The van der Waals surface area contributed by atoms with E-state index < -0.39 is 22.3 Å². The fourth-order valence-corrected chi connectivity index (χ4v) is 1.92. The summed E-state index contributed by atoms with van der Waals surface area (Å²) >= 11 is 0. The Morgan fingerprint density at radius 2 is 2.05 bits per heavy atom. The third kappa shape index (κ3) is 3.88. The summed E-state index contributed by atoms with van der Waals surface area (Å²) in [5.74, 6) is -1.47. The SMILES string of the molecule is CN(CC(C)(C)CN)C(=O)c1cc(F)cc([N+](=O)[O-])c1N. The summed E-state index contributed by atoms with van der Waals surface area (Å²) in [5.41, 5.74) is 9.68. The van der Waals surface area contributed by atoms with Gasteiger partial charge in [-0.3, -0.25) is 14.9 Å². The van der Waals surface area contributed by atoms with Gasteiger partial charge < -0.3 is 16.4 Å². The van der Waals surface area contributed by atoms with Gasteiger partial charge in [-0.2, -0.15) is 0 Å². The number of halogens is 1. The molecular formula is C13H19FN4O3. The van der Waals surface area contributed by atoms with E-state index in [0.29, 0.717) is 19.2 Å². The van der Waals surface area contributed by atoms with E-state index in [-0.39, 0.29) is 16.7 Å². The Labute approximate surface area is 121 Å². The molecule has 8 heteroatoms. The van der Waals surface area contributed by atoms with Crippen LogP contribution in [0.4, 0.5) is 15.8 Å². The molecule has 0 aliphatic carbocycles. The van der Waals surface area contributed by atoms with Crippen molar-refractivity contribution in [1.82, 2.24) is 4.90 Å². The van der Waals surface area contributed by atoms with Gasteiger partial charge in [0.2, 0.25) is 0 Å². The summed E-state index contributed by atoms with van der Waals surface area (Å²) in [4.78, 5) is 23.6. The predicted octanol–water partition coefficient (Wildman–Crippen LogP) is 1.37. The molecule has 0 spiro atoms. The summed E-state index contributed by atoms with van der Waals surface area (Å²) in [5, 5.41) is 10.8. The van der Waals surface area contributed by atoms with E-state index in [1.54, 1.807) is 0 Å². The van der Waals surface area contributed by atoms with Crippen molar-refractivity contribution >= 4 is 17.3 Å². The second-order valence-corrected chi connectivity index (χ2v) is 5.67. The van der Waals surface area contributed by atoms with E-state index >= 15 is 0 Å². The van der Waals surface area contributed by atoms with E-state index in [2.05, 4.69) is 0 Å². The lowest BCUT2D eigenvalue weighted by Gasteiger charge is -2.29. The monoisotopic (exact) mass is 298 g/mol. The number of nitrogens with zero attached hydrogens (tertiary/aromatic N) is 2. The molecule has 21 heavy (non-hydrogen) atoms. The van der Waals surface area contributed by atoms with E-state index in [1.165, 1.54) is 11.9 Å². The highest BCUT2D eigenvalue weighted by Gasteiger charge is 2.26. The lowest BCUT2D eigenvalue weighted by atomic mass is 9.93. The molecular weight excluding hydrogens is 279 g/mol. The highest BCUT2D eigenvalue weighted by Crippen LogP contribution is 2.28. The van der Waals surface area contributed by atoms with Gasteiger partial charge in [-0.25, -0.2) is 4.39 Å². The Balaban J connectivity index is 3.16. The number of benzene rings is 1. The molecule has 116 valence electrons. The zero-order valence-electron chi connectivity index (χ0n) is 12.2. The van der Waals surface area contributed by atoms with Crippen molar-refractivity contribution < 1.29 is 14.1 Å². The molecule has 0 saturated carbocycles. The van der Waals surface area contributed by atoms with Crippen molar-refractivity contribution in [3.8, 4) is 0 Å². The van der Waals surface area contributed by atoms with Gasteiger partial charge in [-0.1, -0.05) is 13.8 Å². The minimum Gasteiger partial charge on any atom is -0.393 e. The molecule has 0 bridgehead atoms. The number of nitrogen functional groups attached to an aromatic ring is 1. The molecule has 0 unspecified atom stereocenters. The number of carbonyl (C=O) groups excluding carboxylic acids is 1. The van der Waals surface area contributed by atoms with Crippen LogP contribution in [0.2, 0.25) is 0 Å². The predicted molar refractivity (Wildman–Crippen MR) is 77.3 cm³/mol. The van der Waals surface area contributed by atoms with Crippen LogP contribution < -0.4 is 11.5 Å². The van der Waals surface area contributed by atoms with Gasteiger partial charge in [0.15, 0.2) is 0 Å². The summed E-state index contributed by atoms with van der Waals surface area (Å²) in [6.45, 7) is 4.40. The van der Waals surface area contributed by atoms with Crippen molar-refractivity contribution in [2.75, 3.05) is 25.9 Å². The summed E-state index contributed by atoms with van der Waals surface area (Å²) in [6, 6.07) is 1.59. The van der Waals surface area contributed by atoms with Crippen LogP contribution in [0.5, 0.6) is 0 Å². The van der Waals surface area contributed by atoms with Crippen LogP contribution in [0.3, 0.4) is 0 Å². The van der Waals surface area contributed by atoms with Crippen LogP contribution >= 0.6 is 0 Å². The number of nitro benzene ring substituents is 1. The number of nitro groups is 1. The average Bonchev–Trinajstić information content (AvgIpc) is 2.39. The maximum atomic E-state index is 13.4. The van der Waals surface area contributed by atoms with Crippen molar-refractivity contribution in [3.63, 3.8) is 0 Å². The lowest BCUT2D eigenvalue weighted by Crippen LogP contribution is -2.40. The van der Waals surface area contributed by atoms with Crippen molar-refractivity contribution in [2.24, 2.45) is 11.1 Å². The molecule has 1 rings (SSSR count). The Kier molecular flexibility index (Phi) is 4.84. The molecule has 1 aromatic rings. The number of rotatable bonds is 5. The molecule has 0 aliphatic rings. The lowest BCUT2D eigenvalue weighted by molar-refractivity contribution is -0.384. The van der Waals surface area contributed by atoms with Crippen molar-refractivity contribution in [3.05, 3.63) is 33.6 Å². The first-order valence-electron chi connectivity index (χ1n) is 6.28. The normalized spacial score (nSPS) is 11.3. The molecule has 0 saturated heterocycles. The van der Waals surface area contributed by atoms with Crippen LogP contribution in [-0.4, -0.2) is 35.9 Å². The number of carbonyl (C=O) groups is 1. The molecule has 0 atom stereocenters. The van der Waals surface area contributed by atoms with Gasteiger partial charge in [0.05, 0.1) is 16.6 Å². The first-order chi connectivity index (χ1) is 9.59. The topological polar surface area (TPSA) is 115 Å². The minimum atomic E-state index is -0.884. The van der Waals surface area contributed by atoms with Crippen LogP contribution in [0, 0.1) is 21.3 Å². The molecule has 7 nitrogen and oxygen atoms in total. The number of hydrogen-bond acceptors (Lipinski definition) is 5. The summed E-state index contributed by atoms with van der Waals surface area (Å²) in [7, 11) is 1.51. The van der Waals surface area contributed by atoms with Gasteiger partial charge in [-0.05, 0) is 18.0 Å². The zero-order chi connectivity index (χ0) is 16.4. The first-order valence-corrected chi connectivity index (χ1v) is 6.28. The van der Waals surface area contributed by atoms with Gasteiger partial charge in [0.25, 0.3) is 11.6 Å². The zero-order valence-corrected chi connectivity index (χ0v) is 12.2. The average molecular weight is 298 g/mol. The Morgan fingerprint density at radius 1 is 1.48 bits per heavy atom. The fourth-order valence-electron chi connectivity index (χ4n) is 1.92. The molecule has 0 heterocycles. The highest BCUT2D eigenvalue weighted by molar-refractivity contribution is 6.00. The standard InChI is InChI=1S/C13H19FN4O3/c1-13(2,6-15)7-17(3)12(19)9-4-8(14)5-10(11(9)16)18(20)21/h4-5H,6-7,15-16H2,1-3H3. The Morgan fingerprint density at radius 3 is 2.52 bits per heavy atom. The van der Waals surface area contributed by atoms with Crippen LogP contribution in [-0.2, 0) is 0 Å². The quantitative estimate of drug-likeness (QED) is 0.484. The molecule has 1 amide bonds. The molecule has 0 aliphatic heterocycles.